The minimum absolute atomic E-state index is 0.868. The van der Waals surface area contributed by atoms with Crippen molar-refractivity contribution >= 4 is 92.1 Å². The number of nitrogens with zero attached hydrogens (tertiary/aromatic N) is 1. The molecule has 12 rings (SSSR count). The van der Waals surface area contributed by atoms with E-state index >= 15 is 0 Å². The number of rotatable bonds is 6. The van der Waals surface area contributed by atoms with Crippen molar-refractivity contribution in [3.8, 4) is 33.4 Å². The molecule has 0 radical (unpaired) electrons. The fraction of sp³-hybridized carbons (Fsp3) is 0. The van der Waals surface area contributed by atoms with E-state index in [1.807, 2.05) is 11.3 Å². The molecule has 2 aromatic heterocycles. The molecule has 0 bridgehead atoms. The fourth-order valence-corrected chi connectivity index (χ4v) is 10.3. The maximum Gasteiger partial charge on any atom is 0.143 e. The van der Waals surface area contributed by atoms with E-state index in [0.717, 1.165) is 44.4 Å². The van der Waals surface area contributed by atoms with Gasteiger partial charge < -0.3 is 9.32 Å². The topological polar surface area (TPSA) is 16.4 Å². The number of furan rings is 1. The summed E-state index contributed by atoms with van der Waals surface area (Å²) in [6.07, 6.45) is 0. The number of hydrogen-bond acceptors (Lipinski definition) is 3. The Morgan fingerprint density at radius 2 is 1.02 bits per heavy atom. The molecule has 0 N–H and O–H groups in total. The van der Waals surface area contributed by atoms with E-state index in [4.69, 9.17) is 4.42 Å². The minimum Gasteiger partial charge on any atom is -0.455 e. The lowest BCUT2D eigenvalue weighted by Crippen LogP contribution is -2.10. The smallest absolute Gasteiger partial charge is 0.143 e. The van der Waals surface area contributed by atoms with E-state index in [9.17, 15) is 0 Å². The third-order valence-corrected chi connectivity index (χ3v) is 13.1. The van der Waals surface area contributed by atoms with Crippen LogP contribution in [0.25, 0.3) is 97.0 Å². The Hall–Kier alpha value is -7.46. The third kappa shape index (κ3) is 5.55. The first-order valence-corrected chi connectivity index (χ1v) is 20.9. The molecule has 0 saturated heterocycles. The maximum absolute atomic E-state index is 6.72. The van der Waals surface area contributed by atoms with Crippen molar-refractivity contribution in [2.75, 3.05) is 4.90 Å². The average Bonchev–Trinajstić information content (AvgIpc) is 3.89. The number of thiophene rings is 1. The van der Waals surface area contributed by atoms with Crippen molar-refractivity contribution in [2.24, 2.45) is 0 Å². The highest BCUT2D eigenvalue weighted by Crippen LogP contribution is 2.46. The van der Waals surface area contributed by atoms with Gasteiger partial charge in [0.1, 0.15) is 11.2 Å². The molecule has 0 amide bonds. The van der Waals surface area contributed by atoms with Crippen LogP contribution in [0.2, 0.25) is 0 Å². The summed E-state index contributed by atoms with van der Waals surface area (Å²) >= 11 is 1.87. The number of fused-ring (bicyclic) bond motifs is 9. The van der Waals surface area contributed by atoms with Gasteiger partial charge in [-0.05, 0) is 104 Å². The number of anilines is 3. The summed E-state index contributed by atoms with van der Waals surface area (Å²) in [5.41, 5.74) is 12.2. The Balaban J connectivity index is 1.03. The third-order valence-electron chi connectivity index (χ3n) is 11.8. The van der Waals surface area contributed by atoms with Crippen molar-refractivity contribution in [1.29, 1.82) is 0 Å². The lowest BCUT2D eigenvalue weighted by molar-refractivity contribution is 0.672. The van der Waals surface area contributed by atoms with Crippen LogP contribution < -0.4 is 4.90 Å². The molecule has 0 atom stereocenters. The summed E-state index contributed by atoms with van der Waals surface area (Å²) in [6.45, 7) is 0. The minimum atomic E-state index is 0.868. The summed E-state index contributed by atoms with van der Waals surface area (Å²) in [6, 6.07) is 76.9. The van der Waals surface area contributed by atoms with Gasteiger partial charge in [-0.25, -0.2) is 0 Å². The fourth-order valence-electron chi connectivity index (χ4n) is 9.08. The van der Waals surface area contributed by atoms with Gasteiger partial charge in [0.25, 0.3) is 0 Å². The molecule has 10 aromatic carbocycles. The highest BCUT2D eigenvalue weighted by molar-refractivity contribution is 7.26. The van der Waals surface area contributed by atoms with Gasteiger partial charge in [0.2, 0.25) is 0 Å². The van der Waals surface area contributed by atoms with Crippen LogP contribution in [0.1, 0.15) is 0 Å². The first-order valence-electron chi connectivity index (χ1n) is 20.1. The second-order valence-electron chi connectivity index (χ2n) is 15.2. The van der Waals surface area contributed by atoms with Gasteiger partial charge in [-0.1, -0.05) is 158 Å². The normalized spacial score (nSPS) is 11.7. The van der Waals surface area contributed by atoms with Gasteiger partial charge in [-0.15, -0.1) is 11.3 Å². The second kappa shape index (κ2) is 13.6. The lowest BCUT2D eigenvalue weighted by atomic mass is 9.95. The molecule has 0 saturated carbocycles. The van der Waals surface area contributed by atoms with E-state index in [1.165, 1.54) is 69.7 Å². The average molecular weight is 770 g/mol. The van der Waals surface area contributed by atoms with Crippen LogP contribution in [0, 0.1) is 0 Å². The molecule has 2 heterocycles. The lowest BCUT2D eigenvalue weighted by Gasteiger charge is -2.27. The molecule has 59 heavy (non-hydrogen) atoms. The molecule has 0 unspecified atom stereocenters. The zero-order chi connectivity index (χ0) is 38.9. The van der Waals surface area contributed by atoms with Crippen molar-refractivity contribution in [2.45, 2.75) is 0 Å². The first-order chi connectivity index (χ1) is 29.2. The monoisotopic (exact) mass is 769 g/mol. The van der Waals surface area contributed by atoms with Gasteiger partial charge in [-0.2, -0.15) is 0 Å². The van der Waals surface area contributed by atoms with Crippen molar-refractivity contribution < 1.29 is 4.42 Å². The Bertz CT molecular complexity index is 3570. The van der Waals surface area contributed by atoms with Crippen molar-refractivity contribution in [3.05, 3.63) is 212 Å². The molecule has 0 fully saturated rings. The molecule has 3 heteroatoms. The predicted octanol–water partition coefficient (Wildman–Crippen LogP) is 16.7. The predicted molar refractivity (Wildman–Crippen MR) is 253 cm³/mol. The molecule has 0 aliphatic heterocycles. The van der Waals surface area contributed by atoms with Crippen LogP contribution in [-0.4, -0.2) is 0 Å². The largest absolute Gasteiger partial charge is 0.455 e. The summed E-state index contributed by atoms with van der Waals surface area (Å²) in [7, 11) is 0. The highest BCUT2D eigenvalue weighted by Gasteiger charge is 2.21. The van der Waals surface area contributed by atoms with Crippen LogP contribution in [0.3, 0.4) is 0 Å². The van der Waals surface area contributed by atoms with Crippen LogP contribution in [0.5, 0.6) is 0 Å². The molecule has 0 aliphatic carbocycles. The second-order valence-corrected chi connectivity index (χ2v) is 16.3. The standard InChI is InChI=1S/C56H35NOS/c1-3-19-44-37(12-1)14-9-22-45(44)40-16-7-15-39(34-40)36-28-31-42(32-29-36)57(51-25-11-26-52-54(51)50-33-30-38-13-2-4-20-46(38)55(50)58-52)43-18-8-17-41(35-43)47-23-10-24-49-48-21-5-6-27-53(48)59-56(47)49/h1-35H. The Labute approximate surface area is 345 Å². The summed E-state index contributed by atoms with van der Waals surface area (Å²) in [5.74, 6) is 0. The van der Waals surface area contributed by atoms with Crippen molar-refractivity contribution in [3.63, 3.8) is 0 Å². The Morgan fingerprint density at radius 1 is 0.373 bits per heavy atom. The highest BCUT2D eigenvalue weighted by atomic mass is 32.1. The Morgan fingerprint density at radius 3 is 1.90 bits per heavy atom. The van der Waals surface area contributed by atoms with E-state index in [2.05, 4.69) is 217 Å². The van der Waals surface area contributed by atoms with E-state index in [-0.39, 0.29) is 0 Å². The summed E-state index contributed by atoms with van der Waals surface area (Å²) in [5, 5.41) is 9.60. The molecule has 276 valence electrons. The van der Waals surface area contributed by atoms with E-state index in [1.54, 1.807) is 0 Å². The van der Waals surface area contributed by atoms with Gasteiger partial charge in [0, 0.05) is 42.3 Å². The van der Waals surface area contributed by atoms with Crippen LogP contribution in [0.4, 0.5) is 17.1 Å². The SMILES string of the molecule is c1cc(-c2ccc(N(c3cccc(-c4cccc5c4sc4ccccc45)c3)c3cccc4oc5c6ccccc6ccc5c34)cc2)cc(-c2cccc3ccccc23)c1. The summed E-state index contributed by atoms with van der Waals surface area (Å²) < 4.78 is 9.34. The maximum atomic E-state index is 6.72. The van der Waals surface area contributed by atoms with Gasteiger partial charge in [-0.3, -0.25) is 0 Å². The molecular formula is C56H35NOS. The number of benzene rings is 10. The van der Waals surface area contributed by atoms with Gasteiger partial charge in [0.15, 0.2) is 0 Å². The first kappa shape index (κ1) is 33.7. The van der Waals surface area contributed by atoms with Crippen molar-refractivity contribution in [1.82, 2.24) is 0 Å². The number of hydrogen-bond donors (Lipinski definition) is 0. The van der Waals surface area contributed by atoms with Crippen LogP contribution in [-0.2, 0) is 0 Å². The van der Waals surface area contributed by atoms with Crippen LogP contribution in [0.15, 0.2) is 217 Å². The van der Waals surface area contributed by atoms with E-state index in [0.29, 0.717) is 0 Å². The van der Waals surface area contributed by atoms with Gasteiger partial charge >= 0.3 is 0 Å². The molecular weight excluding hydrogens is 735 g/mol. The zero-order valence-electron chi connectivity index (χ0n) is 32.0. The Kier molecular flexibility index (Phi) is 7.75. The molecule has 0 spiro atoms. The molecule has 2 nitrogen and oxygen atoms in total. The quantitative estimate of drug-likeness (QED) is 0.167. The van der Waals surface area contributed by atoms with E-state index < -0.39 is 0 Å². The summed E-state index contributed by atoms with van der Waals surface area (Å²) in [4.78, 5) is 2.40. The van der Waals surface area contributed by atoms with Crippen LogP contribution >= 0.6 is 11.3 Å². The molecule has 12 aromatic rings. The van der Waals surface area contributed by atoms with Gasteiger partial charge in [0.05, 0.1) is 11.1 Å². The molecule has 0 aliphatic rings. The zero-order valence-corrected chi connectivity index (χ0v) is 32.8.